The predicted octanol–water partition coefficient (Wildman–Crippen LogP) is 1.57. The number of hydrogen-bond donors (Lipinski definition) is 0. The molecular weight excluding hydrogens is 138 g/mol. The van der Waals surface area contributed by atoms with Crippen molar-refractivity contribution in [3.8, 4) is 0 Å². The summed E-state index contributed by atoms with van der Waals surface area (Å²) in [5, 5.41) is 0. The number of nitrogens with zero attached hydrogens (tertiary/aromatic N) is 1. The summed E-state index contributed by atoms with van der Waals surface area (Å²) in [6, 6.07) is 0. The van der Waals surface area contributed by atoms with Crippen molar-refractivity contribution in [2.45, 2.75) is 25.7 Å². The zero-order valence-electron chi connectivity index (χ0n) is 6.88. The van der Waals surface area contributed by atoms with Gasteiger partial charge in [0, 0.05) is 19.5 Å². The van der Waals surface area contributed by atoms with E-state index in [0.29, 0.717) is 5.91 Å². The lowest BCUT2D eigenvalue weighted by Crippen LogP contribution is -2.35. The average molecular weight is 153 g/mol. The Kier molecular flexibility index (Phi) is 3.14. The van der Waals surface area contributed by atoms with E-state index in [9.17, 15) is 4.79 Å². The minimum absolute atomic E-state index is 0.318. The second kappa shape index (κ2) is 4.16. The molecule has 1 amide bonds. The molecule has 1 fully saturated rings. The van der Waals surface area contributed by atoms with Crippen LogP contribution in [0, 0.1) is 0 Å². The summed E-state index contributed by atoms with van der Waals surface area (Å²) < 4.78 is 0. The van der Waals surface area contributed by atoms with Crippen molar-refractivity contribution in [3.05, 3.63) is 12.7 Å². The Morgan fingerprint density at radius 3 is 3.00 bits per heavy atom. The molecule has 1 aliphatic rings. The zero-order valence-corrected chi connectivity index (χ0v) is 6.88. The Morgan fingerprint density at radius 1 is 1.55 bits per heavy atom. The van der Waals surface area contributed by atoms with Crippen LogP contribution in [-0.4, -0.2) is 23.9 Å². The molecule has 0 bridgehead atoms. The Bertz CT molecular complexity index is 154. The van der Waals surface area contributed by atoms with Crippen molar-refractivity contribution in [1.29, 1.82) is 0 Å². The third kappa shape index (κ3) is 2.37. The molecule has 0 radical (unpaired) electrons. The van der Waals surface area contributed by atoms with E-state index in [4.69, 9.17) is 0 Å². The Balaban J connectivity index is 2.29. The van der Waals surface area contributed by atoms with Gasteiger partial charge in [0.15, 0.2) is 0 Å². The monoisotopic (exact) mass is 153 g/mol. The zero-order chi connectivity index (χ0) is 8.10. The summed E-state index contributed by atoms with van der Waals surface area (Å²) in [5.41, 5.74) is 0. The van der Waals surface area contributed by atoms with Gasteiger partial charge >= 0.3 is 0 Å². The van der Waals surface area contributed by atoms with Crippen LogP contribution in [0.1, 0.15) is 25.7 Å². The molecule has 0 atom stereocenters. The molecule has 0 spiro atoms. The molecule has 0 aromatic heterocycles. The van der Waals surface area contributed by atoms with Gasteiger partial charge in [0.2, 0.25) is 5.91 Å². The maximum atomic E-state index is 11.2. The number of likely N-dealkylation sites (tertiary alicyclic amines) is 1. The Labute approximate surface area is 67.9 Å². The highest BCUT2D eigenvalue weighted by Gasteiger charge is 2.16. The van der Waals surface area contributed by atoms with Gasteiger partial charge in [0.25, 0.3) is 0 Å². The van der Waals surface area contributed by atoms with Crippen molar-refractivity contribution in [2.75, 3.05) is 13.1 Å². The van der Waals surface area contributed by atoms with E-state index >= 15 is 0 Å². The van der Waals surface area contributed by atoms with Crippen molar-refractivity contribution in [3.63, 3.8) is 0 Å². The Morgan fingerprint density at radius 2 is 2.36 bits per heavy atom. The van der Waals surface area contributed by atoms with Crippen LogP contribution in [0.2, 0.25) is 0 Å². The standard InChI is InChI=1S/C9H15NO/c1-2-3-7-10-8-5-4-6-9(10)11/h2H,1,3-8H2. The van der Waals surface area contributed by atoms with Gasteiger partial charge in [-0.05, 0) is 19.3 Å². The number of carbonyl (C=O) groups excluding carboxylic acids is 1. The predicted molar refractivity (Wildman–Crippen MR) is 45.2 cm³/mol. The molecular formula is C9H15NO. The number of carbonyl (C=O) groups is 1. The van der Waals surface area contributed by atoms with Gasteiger partial charge in [0.05, 0.1) is 0 Å². The summed E-state index contributed by atoms with van der Waals surface area (Å²) in [5.74, 6) is 0.318. The van der Waals surface area contributed by atoms with Crippen LogP contribution in [0.4, 0.5) is 0 Å². The van der Waals surface area contributed by atoms with Crippen molar-refractivity contribution >= 4 is 5.91 Å². The molecule has 0 aromatic rings. The van der Waals surface area contributed by atoms with E-state index in [1.807, 2.05) is 11.0 Å². The number of hydrogen-bond acceptors (Lipinski definition) is 1. The summed E-state index contributed by atoms with van der Waals surface area (Å²) in [6.45, 7) is 5.45. The minimum Gasteiger partial charge on any atom is -0.342 e. The maximum Gasteiger partial charge on any atom is 0.222 e. The number of rotatable bonds is 3. The van der Waals surface area contributed by atoms with Gasteiger partial charge < -0.3 is 4.90 Å². The topological polar surface area (TPSA) is 20.3 Å². The summed E-state index contributed by atoms with van der Waals surface area (Å²) >= 11 is 0. The molecule has 1 aliphatic heterocycles. The molecule has 1 heterocycles. The first-order valence-corrected chi connectivity index (χ1v) is 4.23. The first-order chi connectivity index (χ1) is 5.34. The van der Waals surface area contributed by atoms with Crippen LogP contribution >= 0.6 is 0 Å². The molecule has 2 heteroatoms. The molecule has 0 unspecified atom stereocenters. The fraction of sp³-hybridized carbons (Fsp3) is 0.667. The second-order valence-electron chi connectivity index (χ2n) is 2.92. The van der Waals surface area contributed by atoms with Gasteiger partial charge in [-0.1, -0.05) is 6.08 Å². The van der Waals surface area contributed by atoms with Gasteiger partial charge in [-0.15, -0.1) is 6.58 Å². The van der Waals surface area contributed by atoms with E-state index in [-0.39, 0.29) is 0 Å². The molecule has 2 nitrogen and oxygen atoms in total. The van der Waals surface area contributed by atoms with E-state index < -0.39 is 0 Å². The van der Waals surface area contributed by atoms with Crippen LogP contribution in [0.25, 0.3) is 0 Å². The number of piperidine rings is 1. The highest BCUT2D eigenvalue weighted by molar-refractivity contribution is 5.76. The van der Waals surface area contributed by atoms with Crippen LogP contribution in [0.5, 0.6) is 0 Å². The third-order valence-corrected chi connectivity index (χ3v) is 2.02. The van der Waals surface area contributed by atoms with Crippen molar-refractivity contribution in [2.24, 2.45) is 0 Å². The maximum absolute atomic E-state index is 11.2. The summed E-state index contributed by atoms with van der Waals surface area (Å²) in [7, 11) is 0. The van der Waals surface area contributed by atoms with Crippen LogP contribution in [0.3, 0.4) is 0 Å². The lowest BCUT2D eigenvalue weighted by atomic mass is 10.1. The van der Waals surface area contributed by atoms with E-state index in [1.165, 1.54) is 6.42 Å². The highest BCUT2D eigenvalue weighted by atomic mass is 16.2. The van der Waals surface area contributed by atoms with Crippen LogP contribution < -0.4 is 0 Å². The van der Waals surface area contributed by atoms with E-state index in [2.05, 4.69) is 6.58 Å². The van der Waals surface area contributed by atoms with Crippen molar-refractivity contribution in [1.82, 2.24) is 4.90 Å². The first kappa shape index (κ1) is 8.31. The molecule has 1 saturated heterocycles. The molecule has 1 rings (SSSR count). The second-order valence-corrected chi connectivity index (χ2v) is 2.92. The molecule has 0 saturated carbocycles. The average Bonchev–Trinajstić information content (AvgIpc) is 2.03. The summed E-state index contributed by atoms with van der Waals surface area (Å²) in [6.07, 6.45) is 5.77. The van der Waals surface area contributed by atoms with E-state index in [0.717, 1.165) is 32.4 Å². The van der Waals surface area contributed by atoms with Gasteiger partial charge in [-0.2, -0.15) is 0 Å². The van der Waals surface area contributed by atoms with Crippen LogP contribution in [-0.2, 0) is 4.79 Å². The quantitative estimate of drug-likeness (QED) is 0.564. The summed E-state index contributed by atoms with van der Waals surface area (Å²) in [4.78, 5) is 13.1. The van der Waals surface area contributed by atoms with Gasteiger partial charge in [-0.25, -0.2) is 0 Å². The van der Waals surface area contributed by atoms with Crippen LogP contribution in [0.15, 0.2) is 12.7 Å². The lowest BCUT2D eigenvalue weighted by molar-refractivity contribution is -0.133. The molecule has 0 aromatic carbocycles. The van der Waals surface area contributed by atoms with E-state index in [1.54, 1.807) is 0 Å². The third-order valence-electron chi connectivity index (χ3n) is 2.02. The Hall–Kier alpha value is -0.790. The fourth-order valence-corrected chi connectivity index (χ4v) is 1.35. The number of amides is 1. The molecule has 0 N–H and O–H groups in total. The molecule has 11 heavy (non-hydrogen) atoms. The smallest absolute Gasteiger partial charge is 0.222 e. The molecule has 0 aliphatic carbocycles. The van der Waals surface area contributed by atoms with Gasteiger partial charge in [-0.3, -0.25) is 4.79 Å². The van der Waals surface area contributed by atoms with Crippen molar-refractivity contribution < 1.29 is 4.79 Å². The SMILES string of the molecule is C=CCCN1CCCCC1=O. The lowest BCUT2D eigenvalue weighted by Gasteiger charge is -2.25. The minimum atomic E-state index is 0.318. The fourth-order valence-electron chi connectivity index (χ4n) is 1.35. The molecule has 62 valence electrons. The highest BCUT2D eigenvalue weighted by Crippen LogP contribution is 2.10. The first-order valence-electron chi connectivity index (χ1n) is 4.23. The largest absolute Gasteiger partial charge is 0.342 e. The van der Waals surface area contributed by atoms with Gasteiger partial charge in [0.1, 0.15) is 0 Å². The normalized spacial score (nSPS) is 18.5.